The maximum Gasteiger partial charge on any atom is 0.475 e. The van der Waals surface area contributed by atoms with Gasteiger partial charge < -0.3 is 15.0 Å². The molecular weight excluding hydrogens is 201 g/mol. The van der Waals surface area contributed by atoms with Crippen molar-refractivity contribution in [1.82, 2.24) is 0 Å². The van der Waals surface area contributed by atoms with E-state index in [1.54, 1.807) is 0 Å². The van der Waals surface area contributed by atoms with Crippen molar-refractivity contribution in [1.29, 1.82) is 0 Å². The van der Waals surface area contributed by atoms with Gasteiger partial charge in [-0.05, 0) is 37.0 Å². The molecule has 2 bridgehead atoms. The quantitative estimate of drug-likeness (QED) is 0.686. The first-order chi connectivity index (χ1) is 7.35. The second-order valence-corrected chi connectivity index (χ2v) is 6.70. The van der Waals surface area contributed by atoms with Gasteiger partial charge in [-0.15, -0.1) is 0 Å². The Balaban J connectivity index is 1.87. The lowest BCUT2D eigenvalue weighted by atomic mass is 9.43. The first kappa shape index (κ1) is 11.1. The van der Waals surface area contributed by atoms with Gasteiger partial charge in [0, 0.05) is 5.94 Å². The van der Waals surface area contributed by atoms with Gasteiger partial charge in [-0.25, -0.2) is 0 Å². The van der Waals surface area contributed by atoms with Crippen LogP contribution in [0.5, 0.6) is 0 Å². The average Bonchev–Trinajstić information content (AvgIpc) is 2.54. The van der Waals surface area contributed by atoms with E-state index < -0.39 is 0 Å². The predicted molar refractivity (Wildman–Crippen MR) is 63.8 cm³/mol. The summed E-state index contributed by atoms with van der Waals surface area (Å²) in [5.41, 5.74) is 6.20. The summed E-state index contributed by atoms with van der Waals surface area (Å²) < 4.78 is 12.1. The third kappa shape index (κ3) is 1.16. The minimum atomic E-state index is -0.204. The maximum absolute atomic E-state index is 6.15. The largest absolute Gasteiger partial charge is 0.475 e. The topological polar surface area (TPSA) is 44.5 Å². The van der Waals surface area contributed by atoms with E-state index >= 15 is 0 Å². The first-order valence-electron chi connectivity index (χ1n) is 6.44. The summed E-state index contributed by atoms with van der Waals surface area (Å²) in [6.07, 6.45) is 2.71. The van der Waals surface area contributed by atoms with Crippen molar-refractivity contribution >= 4 is 7.12 Å². The number of hydrogen-bond donors (Lipinski definition) is 1. The number of hydrogen-bond acceptors (Lipinski definition) is 3. The summed E-state index contributed by atoms with van der Waals surface area (Å²) in [6, 6.07) is 0. The molecule has 4 fully saturated rings. The van der Waals surface area contributed by atoms with Crippen molar-refractivity contribution in [2.45, 2.75) is 58.2 Å². The standard InChI is InChI=1S/C12H22BNO2/c1-7(14)13-15-10-6-8-5-9(11(8,2)3)12(10,4)16-13/h7-10H,5-6,14H2,1-4H3/t7?,8?,9?,10-,12?/m1/s1. The van der Waals surface area contributed by atoms with E-state index in [4.69, 9.17) is 15.0 Å². The smallest absolute Gasteiger partial charge is 0.404 e. The molecule has 3 aliphatic carbocycles. The van der Waals surface area contributed by atoms with E-state index in [-0.39, 0.29) is 24.8 Å². The Morgan fingerprint density at radius 2 is 2.00 bits per heavy atom. The summed E-state index contributed by atoms with van der Waals surface area (Å²) >= 11 is 0. The Morgan fingerprint density at radius 3 is 2.56 bits per heavy atom. The van der Waals surface area contributed by atoms with Crippen LogP contribution in [0.3, 0.4) is 0 Å². The van der Waals surface area contributed by atoms with Crippen LogP contribution in [0.15, 0.2) is 0 Å². The lowest BCUT2D eigenvalue weighted by molar-refractivity contribution is -0.199. The zero-order chi connectivity index (χ0) is 11.7. The van der Waals surface area contributed by atoms with Crippen molar-refractivity contribution < 1.29 is 9.31 Å². The highest BCUT2D eigenvalue weighted by Crippen LogP contribution is 2.65. The van der Waals surface area contributed by atoms with Gasteiger partial charge in [0.15, 0.2) is 0 Å². The average molecular weight is 223 g/mol. The van der Waals surface area contributed by atoms with Crippen LogP contribution in [0.1, 0.15) is 40.5 Å². The molecule has 4 unspecified atom stereocenters. The fourth-order valence-corrected chi connectivity index (χ4v) is 4.13. The Bertz CT molecular complexity index is 320. The van der Waals surface area contributed by atoms with Gasteiger partial charge >= 0.3 is 7.12 Å². The van der Waals surface area contributed by atoms with Crippen LogP contribution < -0.4 is 5.73 Å². The molecule has 0 amide bonds. The molecule has 3 nitrogen and oxygen atoms in total. The SMILES string of the molecule is CC(N)B1O[C@@H]2CC3CC(C3(C)C)C2(C)O1. The summed E-state index contributed by atoms with van der Waals surface area (Å²) in [7, 11) is -0.204. The van der Waals surface area contributed by atoms with E-state index in [0.29, 0.717) is 11.3 Å². The Kier molecular flexibility index (Phi) is 2.10. The molecule has 4 rings (SSSR count). The third-order valence-corrected chi connectivity index (χ3v) is 5.40. The monoisotopic (exact) mass is 223 g/mol. The Hall–Kier alpha value is -0.0551. The number of nitrogens with two attached hydrogens (primary N) is 1. The van der Waals surface area contributed by atoms with Crippen LogP contribution in [-0.4, -0.2) is 24.8 Å². The van der Waals surface area contributed by atoms with Crippen LogP contribution in [-0.2, 0) is 9.31 Å². The second-order valence-electron chi connectivity index (χ2n) is 6.70. The molecule has 5 atom stereocenters. The molecule has 0 aromatic heterocycles. The van der Waals surface area contributed by atoms with E-state index in [9.17, 15) is 0 Å². The van der Waals surface area contributed by atoms with Gasteiger partial charge in [0.2, 0.25) is 0 Å². The van der Waals surface area contributed by atoms with Crippen LogP contribution in [0.2, 0.25) is 0 Å². The molecule has 90 valence electrons. The molecule has 3 saturated carbocycles. The number of rotatable bonds is 1. The third-order valence-electron chi connectivity index (χ3n) is 5.40. The van der Waals surface area contributed by atoms with Gasteiger partial charge in [0.25, 0.3) is 0 Å². The molecule has 1 aliphatic heterocycles. The Morgan fingerprint density at radius 1 is 1.31 bits per heavy atom. The van der Waals surface area contributed by atoms with Gasteiger partial charge in [-0.2, -0.15) is 0 Å². The van der Waals surface area contributed by atoms with Crippen molar-refractivity contribution in [2.24, 2.45) is 23.0 Å². The summed E-state index contributed by atoms with van der Waals surface area (Å²) in [4.78, 5) is 0. The molecule has 0 aromatic carbocycles. The highest BCUT2D eigenvalue weighted by atomic mass is 16.7. The van der Waals surface area contributed by atoms with Gasteiger partial charge in [-0.3, -0.25) is 0 Å². The van der Waals surface area contributed by atoms with Crippen LogP contribution >= 0.6 is 0 Å². The van der Waals surface area contributed by atoms with Crippen molar-refractivity contribution in [3.05, 3.63) is 0 Å². The highest BCUT2D eigenvalue weighted by Gasteiger charge is 2.68. The van der Waals surface area contributed by atoms with Gasteiger partial charge in [0.05, 0.1) is 11.7 Å². The van der Waals surface area contributed by atoms with Crippen molar-refractivity contribution in [3.63, 3.8) is 0 Å². The van der Waals surface area contributed by atoms with Gasteiger partial charge in [-0.1, -0.05) is 20.8 Å². The summed E-state index contributed by atoms with van der Waals surface area (Å²) in [5, 5.41) is 0. The molecule has 2 N–H and O–H groups in total. The molecule has 16 heavy (non-hydrogen) atoms. The molecule has 1 saturated heterocycles. The maximum atomic E-state index is 6.15. The minimum Gasteiger partial charge on any atom is -0.404 e. The highest BCUT2D eigenvalue weighted by molar-refractivity contribution is 6.47. The molecule has 4 heteroatoms. The van der Waals surface area contributed by atoms with Crippen LogP contribution in [0, 0.1) is 17.3 Å². The zero-order valence-electron chi connectivity index (χ0n) is 10.7. The second kappa shape index (κ2) is 3.03. The summed E-state index contributed by atoms with van der Waals surface area (Å²) in [6.45, 7) is 8.93. The van der Waals surface area contributed by atoms with E-state index in [1.807, 2.05) is 6.92 Å². The van der Waals surface area contributed by atoms with Gasteiger partial charge in [0.1, 0.15) is 0 Å². The molecule has 0 radical (unpaired) electrons. The minimum absolute atomic E-state index is 0.0391. The zero-order valence-corrected chi connectivity index (χ0v) is 10.7. The molecule has 1 heterocycles. The molecule has 4 aliphatic rings. The lowest BCUT2D eigenvalue weighted by Crippen LogP contribution is -2.65. The molecule has 0 spiro atoms. The lowest BCUT2D eigenvalue weighted by Gasteiger charge is -2.64. The van der Waals surface area contributed by atoms with Crippen molar-refractivity contribution in [3.8, 4) is 0 Å². The fraction of sp³-hybridized carbons (Fsp3) is 1.00. The summed E-state index contributed by atoms with van der Waals surface area (Å²) in [5.74, 6) is 1.40. The van der Waals surface area contributed by atoms with E-state index in [1.165, 1.54) is 6.42 Å². The molecular formula is C12H22BNO2. The van der Waals surface area contributed by atoms with Crippen LogP contribution in [0.25, 0.3) is 0 Å². The van der Waals surface area contributed by atoms with Crippen LogP contribution in [0.4, 0.5) is 0 Å². The van der Waals surface area contributed by atoms with E-state index in [2.05, 4.69) is 20.8 Å². The van der Waals surface area contributed by atoms with Crippen molar-refractivity contribution in [2.75, 3.05) is 0 Å². The predicted octanol–water partition coefficient (Wildman–Crippen LogP) is 1.60. The first-order valence-corrected chi connectivity index (χ1v) is 6.44. The normalized spacial score (nSPS) is 50.8. The van der Waals surface area contributed by atoms with E-state index in [0.717, 1.165) is 12.3 Å². The Labute approximate surface area is 98.2 Å². The fourth-order valence-electron chi connectivity index (χ4n) is 4.13. The molecule has 0 aromatic rings.